The molecule has 1 saturated heterocycles. The number of hydrogen-bond donors (Lipinski definition) is 1. The van der Waals surface area contributed by atoms with Crippen LogP contribution in [-0.4, -0.2) is 59.9 Å². The van der Waals surface area contributed by atoms with Crippen LogP contribution in [0.5, 0.6) is 0 Å². The molecule has 0 unspecified atom stereocenters. The quantitative estimate of drug-likeness (QED) is 0.881. The van der Waals surface area contributed by atoms with Crippen molar-refractivity contribution in [2.45, 2.75) is 31.8 Å². The van der Waals surface area contributed by atoms with Gasteiger partial charge in [-0.2, -0.15) is 0 Å². The fourth-order valence-electron chi connectivity index (χ4n) is 3.49. The van der Waals surface area contributed by atoms with E-state index in [1.165, 1.54) is 0 Å². The first-order chi connectivity index (χ1) is 13.1. The van der Waals surface area contributed by atoms with Crippen molar-refractivity contribution < 1.29 is 14.0 Å². The number of carbonyl (C=O) groups is 2. The summed E-state index contributed by atoms with van der Waals surface area (Å²) in [7, 11) is 0. The van der Waals surface area contributed by atoms with Crippen molar-refractivity contribution in [2.24, 2.45) is 0 Å². The van der Waals surface area contributed by atoms with Gasteiger partial charge < -0.3 is 14.6 Å². The summed E-state index contributed by atoms with van der Waals surface area (Å²) in [5.74, 6) is 0.387. The van der Waals surface area contributed by atoms with Crippen LogP contribution in [0.4, 0.5) is 0 Å². The third-order valence-electron chi connectivity index (χ3n) is 5.40. The molecule has 2 aromatic rings. The highest BCUT2D eigenvalue weighted by Crippen LogP contribution is 2.26. The van der Waals surface area contributed by atoms with Crippen LogP contribution in [0.2, 0.25) is 0 Å². The zero-order chi connectivity index (χ0) is 18.8. The van der Waals surface area contributed by atoms with Crippen LogP contribution in [-0.2, 0) is 4.79 Å². The Bertz CT molecular complexity index is 805. The van der Waals surface area contributed by atoms with Gasteiger partial charge in [-0.1, -0.05) is 30.3 Å². The average Bonchev–Trinajstić information content (AvgIpc) is 3.39. The molecule has 1 N–H and O–H groups in total. The fraction of sp³-hybridized carbons (Fsp3) is 0.429. The van der Waals surface area contributed by atoms with E-state index in [0.29, 0.717) is 38.0 Å². The predicted molar refractivity (Wildman–Crippen MR) is 102 cm³/mol. The number of benzene rings is 1. The van der Waals surface area contributed by atoms with E-state index in [2.05, 4.69) is 10.2 Å². The maximum absolute atomic E-state index is 13.0. The molecule has 2 fully saturated rings. The molecular weight excluding hydrogens is 342 g/mol. The Kier molecular flexibility index (Phi) is 4.99. The molecule has 2 aliphatic rings. The molecule has 142 valence electrons. The minimum Gasteiger partial charge on any atom is -0.459 e. The molecule has 0 radical (unpaired) electrons. The first-order valence-electron chi connectivity index (χ1n) is 9.60. The van der Waals surface area contributed by atoms with E-state index in [0.717, 1.165) is 24.0 Å². The number of carbonyl (C=O) groups excluding carboxylic acids is 2. The summed E-state index contributed by atoms with van der Waals surface area (Å²) in [6.45, 7) is 4.50. The lowest BCUT2D eigenvalue weighted by Crippen LogP contribution is -2.55. The Morgan fingerprint density at radius 2 is 1.78 bits per heavy atom. The maximum Gasteiger partial charge on any atom is 0.290 e. The Labute approximate surface area is 159 Å². The number of nitrogens with one attached hydrogen (secondary N) is 1. The van der Waals surface area contributed by atoms with Gasteiger partial charge in [0.05, 0.1) is 12.3 Å². The Balaban J connectivity index is 1.38. The summed E-state index contributed by atoms with van der Waals surface area (Å²) >= 11 is 0. The van der Waals surface area contributed by atoms with Crippen molar-refractivity contribution in [3.05, 3.63) is 48.4 Å². The van der Waals surface area contributed by atoms with Crippen molar-refractivity contribution in [1.82, 2.24) is 15.1 Å². The van der Waals surface area contributed by atoms with Gasteiger partial charge in [0.2, 0.25) is 5.91 Å². The second-order valence-corrected chi connectivity index (χ2v) is 7.32. The summed E-state index contributed by atoms with van der Waals surface area (Å²) in [4.78, 5) is 29.2. The number of nitrogens with zero attached hydrogens (tertiary/aromatic N) is 2. The van der Waals surface area contributed by atoms with E-state index in [1.54, 1.807) is 6.26 Å². The lowest BCUT2D eigenvalue weighted by atomic mass is 10.1. The van der Waals surface area contributed by atoms with E-state index in [1.807, 2.05) is 48.2 Å². The van der Waals surface area contributed by atoms with E-state index >= 15 is 0 Å². The van der Waals surface area contributed by atoms with Gasteiger partial charge in [-0.05, 0) is 31.4 Å². The standard InChI is InChI=1S/C21H25N3O3/c1-15(20(25)22-17-7-8-17)23-10-12-24(13-11-23)21(26)19-18(9-14-27-19)16-5-3-2-4-6-16/h2-6,9,14-15,17H,7-8,10-13H2,1H3,(H,22,25)/t15-/m0/s1. The van der Waals surface area contributed by atoms with E-state index in [4.69, 9.17) is 4.42 Å². The number of furan rings is 1. The van der Waals surface area contributed by atoms with Gasteiger partial charge in [-0.3, -0.25) is 14.5 Å². The molecule has 1 aliphatic heterocycles. The van der Waals surface area contributed by atoms with Crippen LogP contribution in [0.1, 0.15) is 30.3 Å². The molecule has 1 aromatic carbocycles. The minimum atomic E-state index is -0.161. The van der Waals surface area contributed by atoms with Crippen molar-refractivity contribution >= 4 is 11.8 Å². The number of amides is 2. The van der Waals surface area contributed by atoms with Gasteiger partial charge in [0, 0.05) is 37.8 Å². The second-order valence-electron chi connectivity index (χ2n) is 7.32. The van der Waals surface area contributed by atoms with Crippen molar-refractivity contribution in [1.29, 1.82) is 0 Å². The highest BCUT2D eigenvalue weighted by molar-refractivity contribution is 5.98. The Morgan fingerprint density at radius 1 is 1.07 bits per heavy atom. The molecule has 1 aliphatic carbocycles. The lowest BCUT2D eigenvalue weighted by Gasteiger charge is -2.37. The van der Waals surface area contributed by atoms with Crippen LogP contribution < -0.4 is 5.32 Å². The highest BCUT2D eigenvalue weighted by Gasteiger charge is 2.32. The largest absolute Gasteiger partial charge is 0.459 e. The molecular formula is C21H25N3O3. The van der Waals surface area contributed by atoms with Crippen LogP contribution in [0.15, 0.2) is 47.1 Å². The van der Waals surface area contributed by atoms with Crippen LogP contribution in [0, 0.1) is 0 Å². The van der Waals surface area contributed by atoms with Gasteiger partial charge in [-0.25, -0.2) is 0 Å². The molecule has 27 heavy (non-hydrogen) atoms. The second kappa shape index (κ2) is 7.56. The monoisotopic (exact) mass is 367 g/mol. The smallest absolute Gasteiger partial charge is 0.290 e. The molecule has 1 atom stereocenters. The first kappa shape index (κ1) is 17.8. The SMILES string of the molecule is C[C@@H](C(=O)NC1CC1)N1CCN(C(=O)c2occc2-c2ccccc2)CC1. The van der Waals surface area contributed by atoms with Gasteiger partial charge in [-0.15, -0.1) is 0 Å². The van der Waals surface area contributed by atoms with Crippen LogP contribution in [0.3, 0.4) is 0 Å². The molecule has 2 amide bonds. The van der Waals surface area contributed by atoms with Crippen LogP contribution >= 0.6 is 0 Å². The normalized spacial score (nSPS) is 18.9. The van der Waals surface area contributed by atoms with E-state index in [9.17, 15) is 9.59 Å². The van der Waals surface area contributed by atoms with E-state index < -0.39 is 0 Å². The molecule has 6 heteroatoms. The van der Waals surface area contributed by atoms with Crippen LogP contribution in [0.25, 0.3) is 11.1 Å². The summed E-state index contributed by atoms with van der Waals surface area (Å²) < 4.78 is 5.53. The van der Waals surface area contributed by atoms with Crippen molar-refractivity contribution in [2.75, 3.05) is 26.2 Å². The lowest BCUT2D eigenvalue weighted by molar-refractivity contribution is -0.126. The summed E-state index contributed by atoms with van der Waals surface area (Å²) in [5, 5.41) is 3.06. The topological polar surface area (TPSA) is 65.8 Å². The molecule has 6 nitrogen and oxygen atoms in total. The third kappa shape index (κ3) is 3.90. The number of rotatable bonds is 5. The molecule has 2 heterocycles. The third-order valence-corrected chi connectivity index (χ3v) is 5.40. The summed E-state index contributed by atoms with van der Waals surface area (Å²) in [5.41, 5.74) is 1.79. The highest BCUT2D eigenvalue weighted by atomic mass is 16.3. The van der Waals surface area contributed by atoms with Crippen molar-refractivity contribution in [3.8, 4) is 11.1 Å². The zero-order valence-corrected chi connectivity index (χ0v) is 15.6. The first-order valence-corrected chi connectivity index (χ1v) is 9.60. The Morgan fingerprint density at radius 3 is 2.44 bits per heavy atom. The van der Waals surface area contributed by atoms with Gasteiger partial charge in [0.15, 0.2) is 5.76 Å². The number of piperazine rings is 1. The molecule has 1 aromatic heterocycles. The predicted octanol–water partition coefficient (Wildman–Crippen LogP) is 2.37. The van der Waals surface area contributed by atoms with Gasteiger partial charge >= 0.3 is 0 Å². The molecule has 0 spiro atoms. The summed E-state index contributed by atoms with van der Waals surface area (Å²) in [6.07, 6.45) is 3.75. The fourth-order valence-corrected chi connectivity index (χ4v) is 3.49. The Hall–Kier alpha value is -2.60. The zero-order valence-electron chi connectivity index (χ0n) is 15.6. The number of hydrogen-bond acceptors (Lipinski definition) is 4. The van der Waals surface area contributed by atoms with Gasteiger partial charge in [0.25, 0.3) is 5.91 Å². The molecule has 1 saturated carbocycles. The van der Waals surface area contributed by atoms with Gasteiger partial charge in [0.1, 0.15) is 0 Å². The minimum absolute atomic E-state index is 0.0893. The molecule has 4 rings (SSSR count). The maximum atomic E-state index is 13.0. The average molecular weight is 367 g/mol. The van der Waals surface area contributed by atoms with Crippen molar-refractivity contribution in [3.63, 3.8) is 0 Å². The molecule has 0 bridgehead atoms. The summed E-state index contributed by atoms with van der Waals surface area (Å²) in [6, 6.07) is 11.8. The van der Waals surface area contributed by atoms with E-state index in [-0.39, 0.29) is 17.9 Å².